The number of methoxy groups -OCH3 is 1. The largest absolute Gasteiger partial charge is 0.503 e. The Balaban J connectivity index is 3.42. The zero-order valence-corrected chi connectivity index (χ0v) is 11.8. The van der Waals surface area contributed by atoms with Crippen LogP contribution in [-0.2, 0) is 10.2 Å². The van der Waals surface area contributed by atoms with E-state index in [2.05, 4.69) is 15.9 Å². The van der Waals surface area contributed by atoms with Crippen LogP contribution < -0.4 is 4.74 Å². The van der Waals surface area contributed by atoms with Crippen LogP contribution in [0.2, 0.25) is 0 Å². The number of benzene rings is 1. The third kappa shape index (κ3) is 2.75. The van der Waals surface area contributed by atoms with Crippen molar-refractivity contribution in [3.8, 4) is 11.5 Å². The molecule has 0 amide bonds. The van der Waals surface area contributed by atoms with Gasteiger partial charge in [0.1, 0.15) is 5.82 Å². The summed E-state index contributed by atoms with van der Waals surface area (Å²) >= 11 is 3.09. The minimum Gasteiger partial charge on any atom is -0.503 e. The summed E-state index contributed by atoms with van der Waals surface area (Å²) < 4.78 is 18.9. The second kappa shape index (κ2) is 5.14. The fourth-order valence-corrected chi connectivity index (χ4v) is 2.75. The van der Waals surface area contributed by atoms with Crippen molar-refractivity contribution in [1.29, 1.82) is 0 Å². The number of carboxylic acid groups (broad SMARTS) is 1. The molecule has 0 atom stereocenters. The SMILES string of the molecule is COc1cc(F)c(C(C)(C)CC(=O)O)c(Br)c1O. The summed E-state index contributed by atoms with van der Waals surface area (Å²) in [6.07, 6.45) is -0.256. The van der Waals surface area contributed by atoms with E-state index < -0.39 is 17.2 Å². The average Bonchev–Trinajstić information content (AvgIpc) is 2.21. The predicted molar refractivity (Wildman–Crippen MR) is 67.6 cm³/mol. The molecule has 0 heterocycles. The maximum absolute atomic E-state index is 14.0. The topological polar surface area (TPSA) is 66.8 Å². The second-order valence-electron chi connectivity index (χ2n) is 4.55. The van der Waals surface area contributed by atoms with Crippen LogP contribution in [0.5, 0.6) is 11.5 Å². The van der Waals surface area contributed by atoms with E-state index in [4.69, 9.17) is 9.84 Å². The highest BCUT2D eigenvalue weighted by atomic mass is 79.9. The number of carbonyl (C=O) groups is 1. The molecule has 0 saturated heterocycles. The zero-order chi connectivity index (χ0) is 14.1. The Kier molecular flexibility index (Phi) is 4.21. The van der Waals surface area contributed by atoms with E-state index in [1.807, 2.05) is 0 Å². The fraction of sp³-hybridized carbons (Fsp3) is 0.417. The zero-order valence-electron chi connectivity index (χ0n) is 10.3. The van der Waals surface area contributed by atoms with Crippen LogP contribution in [0.4, 0.5) is 4.39 Å². The van der Waals surface area contributed by atoms with Crippen LogP contribution in [0.3, 0.4) is 0 Å². The lowest BCUT2D eigenvalue weighted by Crippen LogP contribution is -2.23. The highest BCUT2D eigenvalue weighted by Crippen LogP contribution is 2.44. The molecule has 0 aromatic heterocycles. The van der Waals surface area contributed by atoms with Crippen molar-refractivity contribution in [3.63, 3.8) is 0 Å². The maximum Gasteiger partial charge on any atom is 0.304 e. The lowest BCUT2D eigenvalue weighted by atomic mass is 9.81. The first kappa shape index (κ1) is 14.8. The molecule has 1 aromatic rings. The van der Waals surface area contributed by atoms with Crippen molar-refractivity contribution in [1.82, 2.24) is 0 Å². The minimum atomic E-state index is -1.04. The highest BCUT2D eigenvalue weighted by molar-refractivity contribution is 9.10. The second-order valence-corrected chi connectivity index (χ2v) is 5.35. The first-order valence-electron chi connectivity index (χ1n) is 5.18. The van der Waals surface area contributed by atoms with Gasteiger partial charge >= 0.3 is 5.97 Å². The normalized spacial score (nSPS) is 11.4. The molecule has 0 radical (unpaired) electrons. The molecule has 0 unspecified atom stereocenters. The molecule has 1 aromatic carbocycles. The first-order valence-corrected chi connectivity index (χ1v) is 5.97. The van der Waals surface area contributed by atoms with E-state index >= 15 is 0 Å². The van der Waals surface area contributed by atoms with Gasteiger partial charge in [0.25, 0.3) is 0 Å². The predicted octanol–water partition coefficient (Wildman–Crippen LogP) is 3.05. The van der Waals surface area contributed by atoms with Gasteiger partial charge in [-0.2, -0.15) is 0 Å². The number of aliphatic carboxylic acids is 1. The van der Waals surface area contributed by atoms with Gasteiger partial charge in [-0.3, -0.25) is 4.79 Å². The van der Waals surface area contributed by atoms with Crippen molar-refractivity contribution in [3.05, 3.63) is 21.9 Å². The van der Waals surface area contributed by atoms with Crippen molar-refractivity contribution < 1.29 is 24.1 Å². The number of halogens is 2. The van der Waals surface area contributed by atoms with Crippen LogP contribution in [0.15, 0.2) is 10.5 Å². The molecule has 0 aliphatic rings. The van der Waals surface area contributed by atoms with E-state index in [0.717, 1.165) is 6.07 Å². The van der Waals surface area contributed by atoms with Gasteiger partial charge in [0.05, 0.1) is 18.0 Å². The number of aromatic hydroxyl groups is 1. The van der Waals surface area contributed by atoms with Gasteiger partial charge in [-0.15, -0.1) is 0 Å². The van der Waals surface area contributed by atoms with E-state index in [9.17, 15) is 14.3 Å². The number of phenolic OH excluding ortho intramolecular Hbond substituents is 1. The molecular formula is C12H14BrFO4. The van der Waals surface area contributed by atoms with Gasteiger partial charge in [-0.05, 0) is 15.9 Å². The molecule has 0 saturated carbocycles. The Hall–Kier alpha value is -1.30. The highest BCUT2D eigenvalue weighted by Gasteiger charge is 2.32. The van der Waals surface area contributed by atoms with Crippen LogP contribution in [0.1, 0.15) is 25.8 Å². The molecule has 4 nitrogen and oxygen atoms in total. The van der Waals surface area contributed by atoms with Crippen molar-refractivity contribution in [2.24, 2.45) is 0 Å². The summed E-state index contributed by atoms with van der Waals surface area (Å²) in [5.74, 6) is -1.91. The molecule has 0 aliphatic carbocycles. The summed E-state index contributed by atoms with van der Waals surface area (Å²) in [4.78, 5) is 10.8. The standard InChI is InChI=1S/C12H14BrFO4/c1-12(2,5-8(15)16)9-6(14)4-7(18-3)11(17)10(9)13/h4,17H,5H2,1-3H3,(H,15,16). The first-order chi connectivity index (χ1) is 8.20. The summed E-state index contributed by atoms with van der Waals surface area (Å²) in [7, 11) is 1.31. The number of rotatable bonds is 4. The Bertz CT molecular complexity index is 485. The Morgan fingerprint density at radius 2 is 2.11 bits per heavy atom. The van der Waals surface area contributed by atoms with Gasteiger partial charge in [0, 0.05) is 17.0 Å². The number of carboxylic acids is 1. The monoisotopic (exact) mass is 320 g/mol. The van der Waals surface area contributed by atoms with E-state index in [1.165, 1.54) is 7.11 Å². The van der Waals surface area contributed by atoms with Crippen molar-refractivity contribution in [2.45, 2.75) is 25.7 Å². The Morgan fingerprint density at radius 3 is 2.56 bits per heavy atom. The fourth-order valence-electron chi connectivity index (χ4n) is 1.83. The smallest absolute Gasteiger partial charge is 0.304 e. The van der Waals surface area contributed by atoms with Gasteiger partial charge in [-0.25, -0.2) is 4.39 Å². The molecule has 100 valence electrons. The average molecular weight is 321 g/mol. The van der Waals surface area contributed by atoms with Crippen molar-refractivity contribution >= 4 is 21.9 Å². The Morgan fingerprint density at radius 1 is 1.56 bits per heavy atom. The van der Waals surface area contributed by atoms with Gasteiger partial charge in [0.2, 0.25) is 0 Å². The van der Waals surface area contributed by atoms with E-state index in [1.54, 1.807) is 13.8 Å². The van der Waals surface area contributed by atoms with Gasteiger partial charge in [-0.1, -0.05) is 13.8 Å². The third-order valence-electron chi connectivity index (χ3n) is 2.65. The third-order valence-corrected chi connectivity index (χ3v) is 3.42. The molecular weight excluding hydrogens is 307 g/mol. The summed E-state index contributed by atoms with van der Waals surface area (Å²) in [6, 6.07) is 1.04. The number of hydrogen-bond donors (Lipinski definition) is 2. The number of ether oxygens (including phenoxy) is 1. The van der Waals surface area contributed by atoms with Crippen LogP contribution in [-0.4, -0.2) is 23.3 Å². The molecule has 0 bridgehead atoms. The maximum atomic E-state index is 14.0. The minimum absolute atomic E-state index is 0.00532. The summed E-state index contributed by atoms with van der Waals surface area (Å²) in [6.45, 7) is 3.19. The lowest BCUT2D eigenvalue weighted by molar-refractivity contribution is -0.138. The van der Waals surface area contributed by atoms with Crippen LogP contribution in [0.25, 0.3) is 0 Å². The molecule has 18 heavy (non-hydrogen) atoms. The molecule has 0 spiro atoms. The summed E-state index contributed by atoms with van der Waals surface area (Å²) in [5.41, 5.74) is -0.846. The number of phenols is 1. The molecule has 0 aliphatic heterocycles. The van der Waals surface area contributed by atoms with Gasteiger partial charge < -0.3 is 14.9 Å². The van der Waals surface area contributed by atoms with E-state index in [-0.39, 0.29) is 28.0 Å². The van der Waals surface area contributed by atoms with Crippen molar-refractivity contribution in [2.75, 3.05) is 7.11 Å². The molecule has 1 rings (SSSR count). The van der Waals surface area contributed by atoms with Crippen LogP contribution >= 0.6 is 15.9 Å². The quantitative estimate of drug-likeness (QED) is 0.894. The van der Waals surface area contributed by atoms with Gasteiger partial charge in [0.15, 0.2) is 11.5 Å². The number of hydrogen-bond acceptors (Lipinski definition) is 3. The molecule has 2 N–H and O–H groups in total. The Labute approximate surface area is 113 Å². The molecule has 6 heteroatoms. The molecule has 0 fully saturated rings. The summed E-state index contributed by atoms with van der Waals surface area (Å²) in [5, 5.41) is 18.7. The van der Waals surface area contributed by atoms with E-state index in [0.29, 0.717) is 0 Å². The lowest BCUT2D eigenvalue weighted by Gasteiger charge is -2.26. The van der Waals surface area contributed by atoms with Crippen LogP contribution in [0, 0.1) is 5.82 Å².